The Kier molecular flexibility index (Phi) is 6.83. The van der Waals surface area contributed by atoms with Crippen molar-refractivity contribution in [1.29, 1.82) is 0 Å². The number of aliphatic hydroxyl groups is 1. The van der Waals surface area contributed by atoms with Crippen LogP contribution in [0.3, 0.4) is 0 Å². The van der Waals surface area contributed by atoms with E-state index in [1.807, 2.05) is 24.3 Å². The zero-order valence-corrected chi connectivity index (χ0v) is 13.3. The first-order valence-corrected chi connectivity index (χ1v) is 7.50. The van der Waals surface area contributed by atoms with Crippen molar-refractivity contribution in [1.82, 2.24) is 0 Å². The Balaban J connectivity index is 2.50. The normalized spacial score (nSPS) is 14.4. The topological polar surface area (TPSA) is 55.5 Å². The lowest BCUT2D eigenvalue weighted by molar-refractivity contribution is 0.0816. The van der Waals surface area contributed by atoms with E-state index in [0.717, 1.165) is 23.1 Å². The Morgan fingerprint density at radius 2 is 1.95 bits per heavy atom. The van der Waals surface area contributed by atoms with E-state index in [4.69, 9.17) is 10.5 Å². The lowest BCUT2D eigenvalue weighted by Gasteiger charge is -2.32. The third-order valence-corrected chi connectivity index (χ3v) is 3.85. The molecular formula is C15H24BrNO2. The highest BCUT2D eigenvalue weighted by Gasteiger charge is 2.28. The molecule has 3 nitrogen and oxygen atoms in total. The van der Waals surface area contributed by atoms with E-state index in [1.165, 1.54) is 0 Å². The van der Waals surface area contributed by atoms with E-state index in [2.05, 4.69) is 29.8 Å². The van der Waals surface area contributed by atoms with Crippen LogP contribution in [0.1, 0.15) is 26.7 Å². The van der Waals surface area contributed by atoms with Gasteiger partial charge < -0.3 is 15.6 Å². The molecule has 0 heterocycles. The van der Waals surface area contributed by atoms with Gasteiger partial charge in [0.15, 0.2) is 0 Å². The molecule has 0 amide bonds. The summed E-state index contributed by atoms with van der Waals surface area (Å²) in [5.41, 5.74) is 5.63. The van der Waals surface area contributed by atoms with Crippen LogP contribution in [0, 0.1) is 11.3 Å². The van der Waals surface area contributed by atoms with Gasteiger partial charge >= 0.3 is 0 Å². The molecule has 1 atom stereocenters. The zero-order valence-electron chi connectivity index (χ0n) is 11.7. The maximum Gasteiger partial charge on any atom is 0.119 e. The van der Waals surface area contributed by atoms with Crippen molar-refractivity contribution in [2.24, 2.45) is 17.1 Å². The van der Waals surface area contributed by atoms with Gasteiger partial charge in [-0.25, -0.2) is 0 Å². The van der Waals surface area contributed by atoms with Crippen LogP contribution in [0.2, 0.25) is 0 Å². The van der Waals surface area contributed by atoms with E-state index in [1.54, 1.807) is 0 Å². The van der Waals surface area contributed by atoms with Gasteiger partial charge in [-0.15, -0.1) is 0 Å². The number of aliphatic hydroxyl groups excluding tert-OH is 1. The van der Waals surface area contributed by atoms with E-state index in [-0.39, 0.29) is 12.0 Å². The molecule has 0 fully saturated rings. The van der Waals surface area contributed by atoms with Crippen LogP contribution < -0.4 is 10.5 Å². The third-order valence-electron chi connectivity index (χ3n) is 3.32. The van der Waals surface area contributed by atoms with Crippen LogP contribution in [-0.2, 0) is 0 Å². The summed E-state index contributed by atoms with van der Waals surface area (Å²) < 4.78 is 6.75. The Morgan fingerprint density at radius 1 is 1.32 bits per heavy atom. The first-order chi connectivity index (χ1) is 9.01. The highest BCUT2D eigenvalue weighted by molar-refractivity contribution is 9.10. The molecule has 0 saturated heterocycles. The van der Waals surface area contributed by atoms with Crippen LogP contribution in [0.25, 0.3) is 0 Å². The third kappa shape index (κ3) is 5.51. The summed E-state index contributed by atoms with van der Waals surface area (Å²) in [6.45, 7) is 5.48. The lowest BCUT2D eigenvalue weighted by Crippen LogP contribution is -2.37. The van der Waals surface area contributed by atoms with Gasteiger partial charge in [-0.3, -0.25) is 0 Å². The molecular weight excluding hydrogens is 306 g/mol. The summed E-state index contributed by atoms with van der Waals surface area (Å²) in [7, 11) is 0. The first-order valence-electron chi connectivity index (χ1n) is 6.70. The Hall–Kier alpha value is -0.580. The summed E-state index contributed by atoms with van der Waals surface area (Å²) in [5, 5.41) is 9.62. The molecule has 108 valence electrons. The van der Waals surface area contributed by atoms with E-state index >= 15 is 0 Å². The molecule has 1 aromatic carbocycles. The molecule has 0 aliphatic carbocycles. The van der Waals surface area contributed by atoms with Crippen molar-refractivity contribution in [2.75, 3.05) is 19.8 Å². The Bertz CT molecular complexity index is 361. The van der Waals surface area contributed by atoms with Gasteiger partial charge in [0.25, 0.3) is 0 Å². The van der Waals surface area contributed by atoms with Crippen molar-refractivity contribution in [3.05, 3.63) is 28.7 Å². The second-order valence-corrected chi connectivity index (χ2v) is 6.43. The number of ether oxygens (including phenoxy) is 1. The van der Waals surface area contributed by atoms with Crippen LogP contribution in [-0.4, -0.2) is 24.9 Å². The van der Waals surface area contributed by atoms with Gasteiger partial charge in [0.1, 0.15) is 5.75 Å². The minimum Gasteiger partial charge on any atom is -0.494 e. The minimum atomic E-state index is -0.219. The largest absolute Gasteiger partial charge is 0.494 e. The van der Waals surface area contributed by atoms with Gasteiger partial charge in [-0.2, -0.15) is 0 Å². The highest BCUT2D eigenvalue weighted by atomic mass is 79.9. The molecule has 19 heavy (non-hydrogen) atoms. The highest BCUT2D eigenvalue weighted by Crippen LogP contribution is 2.29. The van der Waals surface area contributed by atoms with Crippen LogP contribution in [0.4, 0.5) is 0 Å². The molecule has 0 spiro atoms. The maximum absolute atomic E-state index is 9.62. The molecule has 1 aromatic rings. The van der Waals surface area contributed by atoms with Crippen LogP contribution >= 0.6 is 15.9 Å². The van der Waals surface area contributed by atoms with Crippen molar-refractivity contribution in [3.63, 3.8) is 0 Å². The van der Waals surface area contributed by atoms with E-state index in [9.17, 15) is 5.11 Å². The maximum atomic E-state index is 9.62. The fourth-order valence-corrected chi connectivity index (χ4v) is 2.54. The molecule has 3 N–H and O–H groups in total. The van der Waals surface area contributed by atoms with Crippen LogP contribution in [0.5, 0.6) is 5.75 Å². The van der Waals surface area contributed by atoms with Crippen molar-refractivity contribution in [3.8, 4) is 5.75 Å². The van der Waals surface area contributed by atoms with Gasteiger partial charge in [0.05, 0.1) is 13.2 Å². The molecule has 0 aliphatic rings. The Morgan fingerprint density at radius 3 is 2.42 bits per heavy atom. The first kappa shape index (κ1) is 16.5. The summed E-state index contributed by atoms with van der Waals surface area (Å²) in [6, 6.07) is 7.75. The quantitative estimate of drug-likeness (QED) is 0.770. The molecule has 0 bridgehead atoms. The van der Waals surface area contributed by atoms with Gasteiger partial charge in [0, 0.05) is 16.4 Å². The average molecular weight is 330 g/mol. The molecule has 4 heteroatoms. The summed E-state index contributed by atoms with van der Waals surface area (Å²) in [4.78, 5) is 0. The van der Waals surface area contributed by atoms with Gasteiger partial charge in [0.2, 0.25) is 0 Å². The molecule has 0 radical (unpaired) electrons. The van der Waals surface area contributed by atoms with Gasteiger partial charge in [-0.05, 0) is 43.0 Å². The molecule has 0 aromatic heterocycles. The average Bonchev–Trinajstić information content (AvgIpc) is 2.39. The summed E-state index contributed by atoms with van der Waals surface area (Å²) in [6.07, 6.45) is 1.69. The zero-order chi connectivity index (χ0) is 14.3. The summed E-state index contributed by atoms with van der Waals surface area (Å²) >= 11 is 3.39. The predicted octanol–water partition coefficient (Wildman–Crippen LogP) is 3.20. The monoisotopic (exact) mass is 329 g/mol. The fourth-order valence-electron chi connectivity index (χ4n) is 2.28. The smallest absolute Gasteiger partial charge is 0.119 e. The molecule has 0 saturated carbocycles. The number of rotatable bonds is 8. The summed E-state index contributed by atoms with van der Waals surface area (Å²) in [5.74, 6) is 1.36. The van der Waals surface area contributed by atoms with E-state index in [0.29, 0.717) is 19.1 Å². The minimum absolute atomic E-state index is 0.116. The number of halogens is 1. The Labute approximate surface area is 124 Å². The number of hydrogen-bond donors (Lipinski definition) is 2. The standard InChI is InChI=1S/C15H24BrNO2/c1-12(2)9-15(10-17,11-18)7-8-19-14-5-3-13(16)4-6-14/h3-6,12,18H,7-11,17H2,1-2H3. The molecule has 0 aliphatic heterocycles. The number of nitrogens with two attached hydrogens (primary N) is 1. The molecule has 1 rings (SSSR count). The number of hydrogen-bond acceptors (Lipinski definition) is 3. The van der Waals surface area contributed by atoms with Crippen LogP contribution in [0.15, 0.2) is 28.7 Å². The van der Waals surface area contributed by atoms with Gasteiger partial charge in [-0.1, -0.05) is 29.8 Å². The lowest BCUT2D eigenvalue weighted by atomic mass is 9.78. The van der Waals surface area contributed by atoms with Crippen molar-refractivity contribution in [2.45, 2.75) is 26.7 Å². The second-order valence-electron chi connectivity index (χ2n) is 5.51. The molecule has 1 unspecified atom stereocenters. The fraction of sp³-hybridized carbons (Fsp3) is 0.600. The van der Waals surface area contributed by atoms with Crippen molar-refractivity contribution >= 4 is 15.9 Å². The SMILES string of the molecule is CC(C)CC(CN)(CO)CCOc1ccc(Br)cc1. The second kappa shape index (κ2) is 7.88. The van der Waals surface area contributed by atoms with Crippen molar-refractivity contribution < 1.29 is 9.84 Å². The number of benzene rings is 1. The predicted molar refractivity (Wildman–Crippen MR) is 82.3 cm³/mol. The van der Waals surface area contributed by atoms with E-state index < -0.39 is 0 Å².